The van der Waals surface area contributed by atoms with E-state index in [0.29, 0.717) is 31.9 Å². The zero-order valence-corrected chi connectivity index (χ0v) is 11.6. The van der Waals surface area contributed by atoms with Gasteiger partial charge in [0, 0.05) is 26.2 Å². The van der Waals surface area contributed by atoms with Gasteiger partial charge in [0.2, 0.25) is 0 Å². The second-order valence-corrected chi connectivity index (χ2v) is 5.01. The quantitative estimate of drug-likeness (QED) is 0.845. The molecule has 1 amide bonds. The summed E-state index contributed by atoms with van der Waals surface area (Å²) in [5.74, 6) is -2.30. The number of carboxylic acid groups (broad SMARTS) is 1. The van der Waals surface area contributed by atoms with Crippen LogP contribution in [0.25, 0.3) is 0 Å². The fourth-order valence-electron chi connectivity index (χ4n) is 2.58. The van der Waals surface area contributed by atoms with E-state index < -0.39 is 17.7 Å². The summed E-state index contributed by atoms with van der Waals surface area (Å²) in [5.41, 5.74) is 5.63. The number of hydrogen-bond donors (Lipinski definition) is 2. The number of hydrogen-bond acceptors (Lipinski definition) is 4. The average Bonchev–Trinajstić information content (AvgIpc) is 2.63. The van der Waals surface area contributed by atoms with E-state index in [1.165, 1.54) is 12.1 Å². The van der Waals surface area contributed by atoms with Crippen molar-refractivity contribution in [3.05, 3.63) is 29.6 Å². The number of nitrogens with zero attached hydrogens (tertiary/aromatic N) is 2. The minimum Gasteiger partial charge on any atom is -0.480 e. The molecule has 0 aromatic heterocycles. The van der Waals surface area contributed by atoms with Crippen LogP contribution < -0.4 is 10.6 Å². The molecule has 1 saturated heterocycles. The predicted molar refractivity (Wildman–Crippen MR) is 75.8 cm³/mol. The first-order valence-electron chi connectivity index (χ1n) is 6.76. The van der Waals surface area contributed by atoms with Gasteiger partial charge in [0.1, 0.15) is 5.82 Å². The van der Waals surface area contributed by atoms with E-state index >= 15 is 0 Å². The van der Waals surface area contributed by atoms with Crippen LogP contribution in [0.3, 0.4) is 0 Å². The Morgan fingerprint density at radius 3 is 2.67 bits per heavy atom. The second-order valence-electron chi connectivity index (χ2n) is 5.01. The number of amides is 1. The number of nitrogens with two attached hydrogens (primary N) is 1. The monoisotopic (exact) mass is 295 g/mol. The lowest BCUT2D eigenvalue weighted by Crippen LogP contribution is -2.34. The zero-order chi connectivity index (χ0) is 15.4. The normalized spacial score (nSPS) is 16.5. The van der Waals surface area contributed by atoms with E-state index in [-0.39, 0.29) is 12.1 Å². The minimum absolute atomic E-state index is 0.0142. The van der Waals surface area contributed by atoms with Gasteiger partial charge in [-0.2, -0.15) is 0 Å². The molecule has 7 heteroatoms. The molecule has 0 aliphatic carbocycles. The highest BCUT2D eigenvalue weighted by molar-refractivity contribution is 5.99. The summed E-state index contributed by atoms with van der Waals surface area (Å²) in [7, 11) is 0. The maximum Gasteiger partial charge on any atom is 0.317 e. The van der Waals surface area contributed by atoms with Crippen molar-refractivity contribution < 1.29 is 19.1 Å². The fraction of sp³-hybridized carbons (Fsp3) is 0.429. The number of primary amides is 1. The second kappa shape index (κ2) is 6.53. The number of halogens is 1. The van der Waals surface area contributed by atoms with Crippen molar-refractivity contribution in [3.63, 3.8) is 0 Å². The summed E-state index contributed by atoms with van der Waals surface area (Å²) in [6.45, 7) is 2.33. The molecule has 1 fully saturated rings. The van der Waals surface area contributed by atoms with Crippen LogP contribution in [0.15, 0.2) is 18.2 Å². The Labute approximate surface area is 121 Å². The van der Waals surface area contributed by atoms with Crippen molar-refractivity contribution in [2.45, 2.75) is 6.42 Å². The molecule has 3 N–H and O–H groups in total. The van der Waals surface area contributed by atoms with E-state index in [2.05, 4.69) is 0 Å². The van der Waals surface area contributed by atoms with Crippen molar-refractivity contribution >= 4 is 17.6 Å². The molecule has 1 aliphatic rings. The Hall–Kier alpha value is -2.15. The topological polar surface area (TPSA) is 86.9 Å². The van der Waals surface area contributed by atoms with Crippen LogP contribution in [0, 0.1) is 5.82 Å². The third kappa shape index (κ3) is 3.69. The number of carbonyl (C=O) groups excluding carboxylic acids is 1. The smallest absolute Gasteiger partial charge is 0.317 e. The molecule has 0 spiro atoms. The standard InChI is InChI=1S/C14H18FN3O3/c15-10-3-1-4-11(13(10)14(16)21)18-6-2-5-17(7-8-18)9-12(19)20/h1,3-4H,2,5-9H2,(H2,16,21)(H,19,20). The zero-order valence-electron chi connectivity index (χ0n) is 11.6. The maximum atomic E-state index is 13.8. The number of anilines is 1. The molecule has 6 nitrogen and oxygen atoms in total. The molecular formula is C14H18FN3O3. The van der Waals surface area contributed by atoms with Crippen molar-refractivity contribution in [2.75, 3.05) is 37.6 Å². The molecule has 2 rings (SSSR count). The summed E-state index contributed by atoms with van der Waals surface area (Å²) < 4.78 is 13.8. The van der Waals surface area contributed by atoms with Gasteiger partial charge in [0.05, 0.1) is 17.8 Å². The van der Waals surface area contributed by atoms with Crippen LogP contribution in [-0.2, 0) is 4.79 Å². The highest BCUT2D eigenvalue weighted by Gasteiger charge is 2.22. The summed E-state index contributed by atoms with van der Waals surface area (Å²) in [4.78, 5) is 25.9. The van der Waals surface area contributed by atoms with Crippen LogP contribution in [0.2, 0.25) is 0 Å². The Bertz CT molecular complexity index is 550. The van der Waals surface area contributed by atoms with Gasteiger partial charge in [-0.3, -0.25) is 14.5 Å². The summed E-state index contributed by atoms with van der Waals surface area (Å²) in [6, 6.07) is 4.41. The molecule has 1 aromatic carbocycles. The van der Waals surface area contributed by atoms with Crippen LogP contribution in [0.5, 0.6) is 0 Å². The van der Waals surface area contributed by atoms with Crippen molar-refractivity contribution in [1.29, 1.82) is 0 Å². The highest BCUT2D eigenvalue weighted by atomic mass is 19.1. The number of aliphatic carboxylic acids is 1. The molecule has 1 heterocycles. The lowest BCUT2D eigenvalue weighted by molar-refractivity contribution is -0.138. The van der Waals surface area contributed by atoms with E-state index in [1.807, 2.05) is 9.80 Å². The molecule has 1 aromatic rings. The molecular weight excluding hydrogens is 277 g/mol. The number of carbonyl (C=O) groups is 2. The third-order valence-corrected chi connectivity index (χ3v) is 3.53. The van der Waals surface area contributed by atoms with E-state index in [9.17, 15) is 14.0 Å². The van der Waals surface area contributed by atoms with Crippen LogP contribution >= 0.6 is 0 Å². The molecule has 0 unspecified atom stereocenters. The SMILES string of the molecule is NC(=O)c1c(F)cccc1N1CCCN(CC(=O)O)CC1. The highest BCUT2D eigenvalue weighted by Crippen LogP contribution is 2.24. The minimum atomic E-state index is -0.868. The third-order valence-electron chi connectivity index (χ3n) is 3.53. The van der Waals surface area contributed by atoms with Gasteiger partial charge in [-0.1, -0.05) is 6.07 Å². The first-order valence-corrected chi connectivity index (χ1v) is 6.76. The van der Waals surface area contributed by atoms with Crippen LogP contribution in [0.1, 0.15) is 16.8 Å². The summed E-state index contributed by atoms with van der Waals surface area (Å²) in [5, 5.41) is 8.83. The Morgan fingerprint density at radius 1 is 1.24 bits per heavy atom. The number of benzene rings is 1. The molecule has 114 valence electrons. The maximum absolute atomic E-state index is 13.8. The van der Waals surface area contributed by atoms with Gasteiger partial charge in [0.15, 0.2) is 0 Å². The molecule has 21 heavy (non-hydrogen) atoms. The van der Waals surface area contributed by atoms with Crippen LogP contribution in [0.4, 0.5) is 10.1 Å². The van der Waals surface area contributed by atoms with E-state index in [4.69, 9.17) is 10.8 Å². The van der Waals surface area contributed by atoms with Gasteiger partial charge in [-0.05, 0) is 18.6 Å². The summed E-state index contributed by atoms with van der Waals surface area (Å²) >= 11 is 0. The lowest BCUT2D eigenvalue weighted by atomic mass is 10.1. The lowest BCUT2D eigenvalue weighted by Gasteiger charge is -2.25. The van der Waals surface area contributed by atoms with Gasteiger partial charge < -0.3 is 15.7 Å². The molecule has 0 bridgehead atoms. The van der Waals surface area contributed by atoms with Gasteiger partial charge in [-0.15, -0.1) is 0 Å². The van der Waals surface area contributed by atoms with Crippen molar-refractivity contribution in [3.8, 4) is 0 Å². The van der Waals surface area contributed by atoms with Gasteiger partial charge in [0.25, 0.3) is 5.91 Å². The van der Waals surface area contributed by atoms with Gasteiger partial charge in [-0.25, -0.2) is 4.39 Å². The number of carboxylic acids is 1. The first kappa shape index (κ1) is 15.2. The van der Waals surface area contributed by atoms with Crippen molar-refractivity contribution in [2.24, 2.45) is 5.73 Å². The largest absolute Gasteiger partial charge is 0.480 e. The van der Waals surface area contributed by atoms with Crippen molar-refractivity contribution in [1.82, 2.24) is 4.90 Å². The first-order chi connectivity index (χ1) is 9.99. The van der Waals surface area contributed by atoms with Gasteiger partial charge >= 0.3 is 5.97 Å². The van der Waals surface area contributed by atoms with Crippen LogP contribution in [-0.4, -0.2) is 54.6 Å². The Morgan fingerprint density at radius 2 is 2.00 bits per heavy atom. The van der Waals surface area contributed by atoms with E-state index in [0.717, 1.165) is 6.42 Å². The van der Waals surface area contributed by atoms with E-state index in [1.54, 1.807) is 6.07 Å². The Kier molecular flexibility index (Phi) is 4.74. The molecule has 1 aliphatic heterocycles. The summed E-state index contributed by atoms with van der Waals surface area (Å²) in [6.07, 6.45) is 0.738. The number of rotatable bonds is 4. The average molecular weight is 295 g/mol. The molecule has 0 radical (unpaired) electrons. The Balaban J connectivity index is 2.18. The molecule has 0 atom stereocenters. The predicted octanol–water partition coefficient (Wildman–Crippen LogP) is 0.521. The fourth-order valence-corrected chi connectivity index (χ4v) is 2.58. The molecule has 0 saturated carbocycles.